The number of hydrogen-bond acceptors (Lipinski definition) is 3. The van der Waals surface area contributed by atoms with Crippen molar-refractivity contribution < 1.29 is 9.47 Å². The Hall–Kier alpha value is -0.870. The van der Waals surface area contributed by atoms with E-state index in [1.807, 2.05) is 17.8 Å². The van der Waals surface area contributed by atoms with E-state index in [9.17, 15) is 0 Å². The van der Waals surface area contributed by atoms with Gasteiger partial charge in [0, 0.05) is 6.54 Å². The molecule has 0 atom stereocenters. The summed E-state index contributed by atoms with van der Waals surface area (Å²) in [6.07, 6.45) is 1.55. The molecule has 0 radical (unpaired) electrons. The van der Waals surface area contributed by atoms with E-state index in [0.717, 1.165) is 17.8 Å². The van der Waals surface area contributed by atoms with Gasteiger partial charge in [0.1, 0.15) is 0 Å². The molecule has 2 rings (SSSR count). The van der Waals surface area contributed by atoms with E-state index in [2.05, 4.69) is 39.7 Å². The lowest BCUT2D eigenvalue weighted by Gasteiger charge is -2.30. The Morgan fingerprint density at radius 1 is 1.24 bits per heavy atom. The van der Waals surface area contributed by atoms with Crippen LogP contribution in [0.15, 0.2) is 6.20 Å². The first kappa shape index (κ1) is 12.6. The van der Waals surface area contributed by atoms with Gasteiger partial charge in [-0.15, -0.1) is 0 Å². The second kappa shape index (κ2) is 3.82. The van der Waals surface area contributed by atoms with Gasteiger partial charge in [0.15, 0.2) is 0 Å². The maximum Gasteiger partial charge on any atom is 0.202 e. The van der Waals surface area contributed by atoms with Gasteiger partial charge < -0.3 is 9.47 Å². The number of rotatable bonds is 2. The van der Waals surface area contributed by atoms with E-state index < -0.39 is 0 Å². The summed E-state index contributed by atoms with van der Waals surface area (Å²) in [6.45, 7) is 13.2. The summed E-state index contributed by atoms with van der Waals surface area (Å²) in [7, 11) is 0. The summed E-state index contributed by atoms with van der Waals surface area (Å²) in [5.41, 5.74) is 1.55. The van der Waals surface area contributed by atoms with Crippen LogP contribution in [0.3, 0.4) is 0 Å². The topological polar surface area (TPSA) is 36.3 Å². The van der Waals surface area contributed by atoms with Gasteiger partial charge in [-0.3, -0.25) is 4.68 Å². The fraction of sp³-hybridized carbons (Fsp3) is 0.769. The highest BCUT2D eigenvalue weighted by molar-refractivity contribution is 5.19. The summed E-state index contributed by atoms with van der Waals surface area (Å²) in [5, 5.41) is 4.33. The lowest BCUT2D eigenvalue weighted by atomic mass is 9.90. The number of aromatic nitrogens is 2. The smallest absolute Gasteiger partial charge is 0.202 e. The van der Waals surface area contributed by atoms with Crippen LogP contribution in [0.2, 0.25) is 0 Å². The molecule has 4 nitrogen and oxygen atoms in total. The molecule has 0 bridgehead atoms. The normalized spacial score (nSPS) is 23.2. The summed E-state index contributed by atoms with van der Waals surface area (Å²) >= 11 is 0. The van der Waals surface area contributed by atoms with Crippen molar-refractivity contribution in [1.82, 2.24) is 9.78 Å². The molecule has 1 fully saturated rings. The molecule has 1 aliphatic heterocycles. The van der Waals surface area contributed by atoms with E-state index in [1.54, 1.807) is 0 Å². The highest BCUT2D eigenvalue weighted by Gasteiger charge is 2.50. The van der Waals surface area contributed by atoms with Crippen LogP contribution in [0.1, 0.15) is 52.2 Å². The van der Waals surface area contributed by atoms with Crippen molar-refractivity contribution in [2.75, 3.05) is 0 Å². The minimum absolute atomic E-state index is 0.299. The highest BCUT2D eigenvalue weighted by Crippen LogP contribution is 2.45. The largest absolute Gasteiger partial charge is 0.338 e. The van der Waals surface area contributed by atoms with Crippen LogP contribution < -0.4 is 0 Å². The molecule has 0 amide bonds. The average Bonchev–Trinajstić information content (AvgIpc) is 2.65. The van der Waals surface area contributed by atoms with Crippen molar-refractivity contribution in [3.05, 3.63) is 17.5 Å². The number of hydrogen-bond donors (Lipinski definition) is 0. The zero-order valence-corrected chi connectivity index (χ0v) is 11.6. The van der Waals surface area contributed by atoms with Crippen LogP contribution in [0.4, 0.5) is 0 Å². The Bertz CT molecular complexity index is 405. The third-order valence-corrected chi connectivity index (χ3v) is 3.85. The molecule has 0 saturated carbocycles. The fourth-order valence-corrected chi connectivity index (χ4v) is 2.00. The first-order valence-electron chi connectivity index (χ1n) is 6.16. The molecule has 96 valence electrons. The molecule has 1 aromatic heterocycles. The van der Waals surface area contributed by atoms with Crippen LogP contribution in [0, 0.1) is 6.92 Å². The minimum atomic E-state index is -0.317. The SMILES string of the molecule is CCn1ncc(C)c1C1OC(C)(C)C(C)(C)O1. The quantitative estimate of drug-likeness (QED) is 0.795. The van der Waals surface area contributed by atoms with Crippen molar-refractivity contribution in [3.63, 3.8) is 0 Å². The van der Waals surface area contributed by atoms with Crippen LogP contribution in [0.5, 0.6) is 0 Å². The Kier molecular flexibility index (Phi) is 2.83. The maximum absolute atomic E-state index is 6.05. The maximum atomic E-state index is 6.05. The van der Waals surface area contributed by atoms with Crippen LogP contribution in [-0.2, 0) is 16.0 Å². The van der Waals surface area contributed by atoms with Gasteiger partial charge in [-0.05, 0) is 47.1 Å². The molecular weight excluding hydrogens is 216 g/mol. The van der Waals surface area contributed by atoms with E-state index in [0.29, 0.717) is 0 Å². The number of ether oxygens (including phenoxy) is 2. The van der Waals surface area contributed by atoms with Gasteiger partial charge in [-0.1, -0.05) is 0 Å². The summed E-state index contributed by atoms with van der Waals surface area (Å²) in [4.78, 5) is 0. The van der Waals surface area contributed by atoms with Crippen molar-refractivity contribution in [2.24, 2.45) is 0 Å². The van der Waals surface area contributed by atoms with E-state index in [1.165, 1.54) is 0 Å². The Balaban J connectivity index is 2.35. The van der Waals surface area contributed by atoms with Gasteiger partial charge in [-0.25, -0.2) is 0 Å². The second-order valence-corrected chi connectivity index (χ2v) is 5.62. The minimum Gasteiger partial charge on any atom is -0.338 e. The Morgan fingerprint density at radius 3 is 2.24 bits per heavy atom. The first-order valence-corrected chi connectivity index (χ1v) is 6.16. The van der Waals surface area contributed by atoms with Crippen molar-refractivity contribution in [1.29, 1.82) is 0 Å². The Morgan fingerprint density at radius 2 is 1.76 bits per heavy atom. The fourth-order valence-electron chi connectivity index (χ4n) is 2.00. The molecule has 1 aromatic rings. The number of aryl methyl sites for hydroxylation is 2. The second-order valence-electron chi connectivity index (χ2n) is 5.62. The predicted octanol–water partition coefficient (Wildman–Crippen LogP) is 2.81. The zero-order chi connectivity index (χ0) is 12.8. The van der Waals surface area contributed by atoms with Crippen LogP contribution in [0.25, 0.3) is 0 Å². The Labute approximate surface area is 103 Å². The summed E-state index contributed by atoms with van der Waals surface area (Å²) in [5.74, 6) is 0. The molecule has 0 N–H and O–H groups in total. The average molecular weight is 238 g/mol. The van der Waals surface area contributed by atoms with Gasteiger partial charge in [0.25, 0.3) is 0 Å². The van der Waals surface area contributed by atoms with Crippen molar-refractivity contribution >= 4 is 0 Å². The highest BCUT2D eigenvalue weighted by atomic mass is 16.7. The first-order chi connectivity index (χ1) is 7.78. The number of nitrogens with zero attached hydrogens (tertiary/aromatic N) is 2. The van der Waals surface area contributed by atoms with Gasteiger partial charge >= 0.3 is 0 Å². The third kappa shape index (κ3) is 1.89. The van der Waals surface area contributed by atoms with Gasteiger partial charge in [0.2, 0.25) is 6.29 Å². The van der Waals surface area contributed by atoms with Gasteiger partial charge in [0.05, 0.1) is 23.1 Å². The summed E-state index contributed by atoms with van der Waals surface area (Å²) in [6, 6.07) is 0. The zero-order valence-electron chi connectivity index (χ0n) is 11.6. The molecule has 1 saturated heterocycles. The molecule has 0 aliphatic carbocycles. The standard InChI is InChI=1S/C13H22N2O2/c1-7-15-10(9(2)8-14-15)11-16-12(3,4)13(5,6)17-11/h8,11H,7H2,1-6H3. The lowest BCUT2D eigenvalue weighted by molar-refractivity contribution is -0.0950. The van der Waals surface area contributed by atoms with Crippen LogP contribution in [-0.4, -0.2) is 21.0 Å². The van der Waals surface area contributed by atoms with E-state index >= 15 is 0 Å². The molecule has 1 aliphatic rings. The predicted molar refractivity (Wildman–Crippen MR) is 65.7 cm³/mol. The molecule has 0 spiro atoms. The summed E-state index contributed by atoms with van der Waals surface area (Å²) < 4.78 is 14.0. The molecule has 0 unspecified atom stereocenters. The van der Waals surface area contributed by atoms with Crippen molar-refractivity contribution in [2.45, 2.75) is 65.6 Å². The molecule has 4 heteroatoms. The molecule has 17 heavy (non-hydrogen) atoms. The molecule has 0 aromatic carbocycles. The van der Waals surface area contributed by atoms with Gasteiger partial charge in [-0.2, -0.15) is 5.10 Å². The van der Waals surface area contributed by atoms with Crippen molar-refractivity contribution in [3.8, 4) is 0 Å². The van der Waals surface area contributed by atoms with E-state index in [4.69, 9.17) is 9.47 Å². The molecule has 2 heterocycles. The van der Waals surface area contributed by atoms with Crippen LogP contribution >= 0.6 is 0 Å². The molecular formula is C13H22N2O2. The third-order valence-electron chi connectivity index (χ3n) is 3.85. The lowest BCUT2D eigenvalue weighted by Crippen LogP contribution is -2.41. The monoisotopic (exact) mass is 238 g/mol. The van der Waals surface area contributed by atoms with E-state index in [-0.39, 0.29) is 17.5 Å².